The highest BCUT2D eigenvalue weighted by atomic mass is 32.2. The summed E-state index contributed by atoms with van der Waals surface area (Å²) in [5.74, 6) is 0.431. The van der Waals surface area contributed by atoms with Gasteiger partial charge < -0.3 is 15.0 Å². The van der Waals surface area contributed by atoms with E-state index in [1.165, 1.54) is 4.31 Å². The summed E-state index contributed by atoms with van der Waals surface area (Å²) in [6.45, 7) is 9.87. The Kier molecular flexibility index (Phi) is 7.63. The smallest absolute Gasteiger partial charge is 0.276 e. The molecule has 0 bridgehead atoms. The van der Waals surface area contributed by atoms with Crippen molar-refractivity contribution in [2.45, 2.75) is 38.1 Å². The van der Waals surface area contributed by atoms with Gasteiger partial charge in [0.25, 0.3) is 5.91 Å². The number of nitrogens with one attached hydrogen (secondary N) is 2. The third-order valence-electron chi connectivity index (χ3n) is 5.40. The number of nitrogens with zero attached hydrogens (tertiary/aromatic N) is 2. The summed E-state index contributed by atoms with van der Waals surface area (Å²) in [6.07, 6.45) is 0. The van der Waals surface area contributed by atoms with E-state index in [1.807, 2.05) is 20.8 Å². The minimum atomic E-state index is -3.57. The summed E-state index contributed by atoms with van der Waals surface area (Å²) in [5, 5.41) is 12.1. The standard InChI is InChI=1S/C20H30N4O4S/c1-5-28-17-6-8-18(9-7-17)29(26,27)24-12-10-23(11-13-24)14-19(25)22-20(4,15-21)16(2)3/h6-9,16H,5,10-14H2,1-4H3,(H,22,25)/p+1/t20-/m0/s1. The van der Waals surface area contributed by atoms with Crippen LogP contribution in [0.4, 0.5) is 0 Å². The number of ether oxygens (including phenoxy) is 1. The third kappa shape index (κ3) is 5.69. The van der Waals surface area contributed by atoms with Crippen LogP contribution in [0, 0.1) is 17.2 Å². The number of hydrogen-bond acceptors (Lipinski definition) is 5. The maximum absolute atomic E-state index is 12.8. The molecular formula is C20H31N4O4S+. The van der Waals surface area contributed by atoms with Crippen molar-refractivity contribution in [3.05, 3.63) is 24.3 Å². The second-order valence-electron chi connectivity index (χ2n) is 7.75. The maximum Gasteiger partial charge on any atom is 0.276 e. The Morgan fingerprint density at radius 1 is 1.31 bits per heavy atom. The van der Waals surface area contributed by atoms with Crippen LogP contribution in [0.2, 0.25) is 0 Å². The van der Waals surface area contributed by atoms with Crippen molar-refractivity contribution in [2.75, 3.05) is 39.3 Å². The first-order valence-electron chi connectivity index (χ1n) is 9.91. The fourth-order valence-electron chi connectivity index (χ4n) is 3.11. The topological polar surface area (TPSA) is 104 Å². The average Bonchev–Trinajstić information content (AvgIpc) is 2.68. The van der Waals surface area contributed by atoms with Gasteiger partial charge in [-0.15, -0.1) is 0 Å². The van der Waals surface area contributed by atoms with Crippen molar-refractivity contribution >= 4 is 15.9 Å². The molecule has 8 nitrogen and oxygen atoms in total. The predicted molar refractivity (Wildman–Crippen MR) is 109 cm³/mol. The van der Waals surface area contributed by atoms with E-state index in [2.05, 4.69) is 11.4 Å². The first-order chi connectivity index (χ1) is 13.6. The highest BCUT2D eigenvalue weighted by Gasteiger charge is 2.34. The molecule has 2 N–H and O–H groups in total. The molecule has 1 atom stereocenters. The monoisotopic (exact) mass is 423 g/mol. The Labute approximate surface area is 173 Å². The fourth-order valence-corrected chi connectivity index (χ4v) is 4.55. The number of carbonyl (C=O) groups excluding carboxylic acids is 1. The quantitative estimate of drug-likeness (QED) is 0.614. The molecule has 1 aliphatic rings. The number of sulfonamides is 1. The van der Waals surface area contributed by atoms with Crippen molar-refractivity contribution in [3.63, 3.8) is 0 Å². The predicted octanol–water partition coefficient (Wildman–Crippen LogP) is 0.0290. The molecule has 160 valence electrons. The first-order valence-corrected chi connectivity index (χ1v) is 11.3. The van der Waals surface area contributed by atoms with E-state index in [1.54, 1.807) is 31.2 Å². The van der Waals surface area contributed by atoms with Crippen molar-refractivity contribution in [1.29, 1.82) is 5.26 Å². The molecule has 0 aromatic heterocycles. The van der Waals surface area contributed by atoms with Gasteiger partial charge in [0.05, 0.1) is 43.8 Å². The summed E-state index contributed by atoms with van der Waals surface area (Å²) >= 11 is 0. The van der Waals surface area contributed by atoms with E-state index in [0.29, 0.717) is 38.5 Å². The van der Waals surface area contributed by atoms with E-state index in [9.17, 15) is 18.5 Å². The number of rotatable bonds is 8. The number of quaternary nitrogens is 1. The van der Waals surface area contributed by atoms with Crippen LogP contribution in [0.25, 0.3) is 0 Å². The van der Waals surface area contributed by atoms with Gasteiger partial charge in [0, 0.05) is 0 Å². The van der Waals surface area contributed by atoms with E-state index in [-0.39, 0.29) is 23.3 Å². The molecule has 2 rings (SSSR count). The molecule has 0 saturated carbocycles. The summed E-state index contributed by atoms with van der Waals surface area (Å²) < 4.78 is 32.5. The zero-order valence-corrected chi connectivity index (χ0v) is 18.4. The Balaban J connectivity index is 1.92. The van der Waals surface area contributed by atoms with E-state index >= 15 is 0 Å². The minimum absolute atomic E-state index is 0.0115. The van der Waals surface area contributed by atoms with Crippen molar-refractivity contribution in [1.82, 2.24) is 9.62 Å². The van der Waals surface area contributed by atoms with Gasteiger partial charge in [-0.25, -0.2) is 8.42 Å². The van der Waals surface area contributed by atoms with Crippen LogP contribution in [-0.4, -0.2) is 63.5 Å². The van der Waals surface area contributed by atoms with Gasteiger partial charge >= 0.3 is 0 Å². The van der Waals surface area contributed by atoms with Gasteiger partial charge in [-0.05, 0) is 44.0 Å². The van der Waals surface area contributed by atoms with E-state index in [0.717, 1.165) is 4.90 Å². The van der Waals surface area contributed by atoms with Crippen LogP contribution in [0.5, 0.6) is 5.75 Å². The number of piperazine rings is 1. The Bertz CT molecular complexity index is 840. The lowest BCUT2D eigenvalue weighted by atomic mass is 9.90. The van der Waals surface area contributed by atoms with Crippen LogP contribution in [0.3, 0.4) is 0 Å². The molecule has 0 unspecified atom stereocenters. The molecule has 0 radical (unpaired) electrons. The lowest BCUT2D eigenvalue weighted by Crippen LogP contribution is -3.16. The van der Waals surface area contributed by atoms with Crippen LogP contribution in [0.1, 0.15) is 27.7 Å². The van der Waals surface area contributed by atoms with Gasteiger partial charge in [0.15, 0.2) is 6.54 Å². The first kappa shape index (κ1) is 23.1. The second-order valence-corrected chi connectivity index (χ2v) is 9.69. The highest BCUT2D eigenvalue weighted by Crippen LogP contribution is 2.19. The van der Waals surface area contributed by atoms with Crippen LogP contribution in [-0.2, 0) is 14.8 Å². The molecule has 1 amide bonds. The molecule has 0 aliphatic carbocycles. The summed E-state index contributed by atoms with van der Waals surface area (Å²) in [7, 11) is -3.57. The number of nitriles is 1. The second kappa shape index (κ2) is 9.57. The van der Waals surface area contributed by atoms with E-state index < -0.39 is 15.6 Å². The highest BCUT2D eigenvalue weighted by molar-refractivity contribution is 7.89. The zero-order chi connectivity index (χ0) is 21.7. The molecule has 1 aliphatic heterocycles. The number of amides is 1. The molecule has 1 aromatic carbocycles. The van der Waals surface area contributed by atoms with Crippen molar-refractivity contribution < 1.29 is 22.8 Å². The van der Waals surface area contributed by atoms with Gasteiger partial charge in [0.1, 0.15) is 11.3 Å². The lowest BCUT2D eigenvalue weighted by molar-refractivity contribution is -0.895. The molecular weight excluding hydrogens is 392 g/mol. The molecule has 1 saturated heterocycles. The van der Waals surface area contributed by atoms with Crippen molar-refractivity contribution in [3.8, 4) is 11.8 Å². The minimum Gasteiger partial charge on any atom is -0.494 e. The largest absolute Gasteiger partial charge is 0.494 e. The molecule has 1 fully saturated rings. The normalized spacial score (nSPS) is 18.1. The summed E-state index contributed by atoms with van der Waals surface area (Å²) in [5.41, 5.74) is -0.907. The molecule has 1 heterocycles. The maximum atomic E-state index is 12.8. The van der Waals surface area contributed by atoms with Gasteiger partial charge in [0.2, 0.25) is 10.0 Å². The third-order valence-corrected chi connectivity index (χ3v) is 7.31. The lowest BCUT2D eigenvalue weighted by Gasteiger charge is -2.32. The SMILES string of the molecule is CCOc1ccc(S(=O)(=O)N2CC[NH+](CC(=O)N[C@@](C)(C#N)C(C)C)CC2)cc1. The van der Waals surface area contributed by atoms with Crippen molar-refractivity contribution in [2.24, 2.45) is 5.92 Å². The number of hydrogen-bond donors (Lipinski definition) is 2. The van der Waals surface area contributed by atoms with Gasteiger partial charge in [-0.2, -0.15) is 9.57 Å². The Hall–Kier alpha value is -2.15. The molecule has 1 aromatic rings. The Morgan fingerprint density at radius 3 is 2.38 bits per heavy atom. The van der Waals surface area contributed by atoms with Gasteiger partial charge in [-0.1, -0.05) is 13.8 Å². The molecule has 29 heavy (non-hydrogen) atoms. The molecule has 0 spiro atoms. The van der Waals surface area contributed by atoms with Crippen LogP contribution in [0.15, 0.2) is 29.2 Å². The van der Waals surface area contributed by atoms with E-state index in [4.69, 9.17) is 4.74 Å². The van der Waals surface area contributed by atoms with Crippen LogP contribution >= 0.6 is 0 Å². The van der Waals surface area contributed by atoms with Gasteiger partial charge in [-0.3, -0.25) is 4.79 Å². The summed E-state index contributed by atoms with van der Waals surface area (Å²) in [6, 6.07) is 8.59. The average molecular weight is 424 g/mol. The Morgan fingerprint density at radius 2 is 1.90 bits per heavy atom. The molecule has 9 heteroatoms. The van der Waals surface area contributed by atoms with Crippen LogP contribution < -0.4 is 15.0 Å². The zero-order valence-electron chi connectivity index (χ0n) is 17.6. The fraction of sp³-hybridized carbons (Fsp3) is 0.600. The number of benzene rings is 1. The summed E-state index contributed by atoms with van der Waals surface area (Å²) in [4.78, 5) is 13.6. The number of carbonyl (C=O) groups is 1.